The van der Waals surface area contributed by atoms with Crippen LogP contribution in [0.5, 0.6) is 5.75 Å². The normalized spacial score (nSPS) is 13.8. The highest BCUT2D eigenvalue weighted by Crippen LogP contribution is 2.33. The number of amides is 1. The smallest absolute Gasteiger partial charge is 0.262 e. The summed E-state index contributed by atoms with van der Waals surface area (Å²) in [5, 5.41) is 9.38. The number of fused-ring (bicyclic) bond motifs is 1. The maximum absolute atomic E-state index is 14.2. The molecule has 0 unspecified atom stereocenters. The molecule has 3 aromatic rings. The fourth-order valence-corrected chi connectivity index (χ4v) is 3.91. The number of anilines is 1. The molecule has 0 radical (unpaired) electrons. The summed E-state index contributed by atoms with van der Waals surface area (Å²) in [4.78, 5) is 16.7. The van der Waals surface area contributed by atoms with Crippen molar-refractivity contribution in [2.75, 3.05) is 18.5 Å². The number of thiazole rings is 1. The maximum Gasteiger partial charge on any atom is 0.262 e. The van der Waals surface area contributed by atoms with Gasteiger partial charge in [0, 0.05) is 16.5 Å². The van der Waals surface area contributed by atoms with Gasteiger partial charge in [0.15, 0.2) is 6.61 Å². The number of hydrogen-bond acceptors (Lipinski definition) is 5. The first-order chi connectivity index (χ1) is 14.6. The van der Waals surface area contributed by atoms with Crippen molar-refractivity contribution in [1.82, 2.24) is 4.68 Å². The topological polar surface area (TPSA) is 68.0 Å². The summed E-state index contributed by atoms with van der Waals surface area (Å²) in [7, 11) is 0. The molecule has 152 valence electrons. The maximum atomic E-state index is 14.2. The third-order valence-electron chi connectivity index (χ3n) is 4.25. The third kappa shape index (κ3) is 4.05. The van der Waals surface area contributed by atoms with Gasteiger partial charge in [-0.25, -0.2) is 9.07 Å². The second-order valence-corrected chi connectivity index (χ2v) is 7.52. The van der Waals surface area contributed by atoms with E-state index in [2.05, 4.69) is 22.0 Å². The predicted octanol–water partition coefficient (Wildman–Crippen LogP) is 4.31. The van der Waals surface area contributed by atoms with Crippen molar-refractivity contribution in [3.05, 3.63) is 75.6 Å². The molecule has 1 aliphatic heterocycles. The van der Waals surface area contributed by atoms with E-state index in [4.69, 9.17) is 16.3 Å². The molecule has 1 aliphatic rings. The molecule has 1 aromatic heterocycles. The second-order valence-electron chi connectivity index (χ2n) is 6.27. The number of carbonyl (C=O) groups excluding carboxylic acids is 1. The first-order valence-corrected chi connectivity index (χ1v) is 10.2. The standard InChI is InChI=1S/C21H16ClFN4O2S/c1-2-8-24-21-27(25-10-14-15(22)4-3-5-16(14)23)18(12-30-21)13-6-7-19-17(9-13)26-20(28)11-29-19/h2-7,9-10,12H,1,8,11H2,(H,26,28). The number of nitrogens with zero attached hydrogens (tertiary/aromatic N) is 3. The van der Waals surface area contributed by atoms with E-state index >= 15 is 0 Å². The molecule has 0 spiro atoms. The summed E-state index contributed by atoms with van der Waals surface area (Å²) in [6.07, 6.45) is 3.04. The average Bonchev–Trinajstić information content (AvgIpc) is 3.14. The highest BCUT2D eigenvalue weighted by atomic mass is 35.5. The van der Waals surface area contributed by atoms with Crippen LogP contribution in [0.4, 0.5) is 10.1 Å². The fourth-order valence-electron chi connectivity index (χ4n) is 2.85. The van der Waals surface area contributed by atoms with Crippen LogP contribution < -0.4 is 14.9 Å². The Bertz CT molecular complexity index is 1210. The minimum absolute atomic E-state index is 0.0108. The molecule has 0 atom stereocenters. The number of nitrogens with one attached hydrogen (secondary N) is 1. The second kappa shape index (κ2) is 8.64. The van der Waals surface area contributed by atoms with Crippen molar-refractivity contribution in [3.8, 4) is 17.0 Å². The van der Waals surface area contributed by atoms with E-state index in [-0.39, 0.29) is 23.1 Å². The number of carbonyl (C=O) groups is 1. The summed E-state index contributed by atoms with van der Waals surface area (Å²) in [6, 6.07) is 9.89. The number of hydrogen-bond donors (Lipinski definition) is 1. The molecule has 6 nitrogen and oxygen atoms in total. The van der Waals surface area contributed by atoms with Crippen LogP contribution in [0.2, 0.25) is 5.02 Å². The van der Waals surface area contributed by atoms with Gasteiger partial charge in [-0.2, -0.15) is 5.10 Å². The lowest BCUT2D eigenvalue weighted by Crippen LogP contribution is -2.25. The Labute approximate surface area is 180 Å². The summed E-state index contributed by atoms with van der Waals surface area (Å²) in [5.74, 6) is -0.0908. The average molecular weight is 443 g/mol. The van der Waals surface area contributed by atoms with Crippen LogP contribution in [0.25, 0.3) is 11.3 Å². The third-order valence-corrected chi connectivity index (χ3v) is 5.43. The summed E-state index contributed by atoms with van der Waals surface area (Å²) >= 11 is 7.50. The lowest BCUT2D eigenvalue weighted by Gasteiger charge is -2.18. The van der Waals surface area contributed by atoms with Crippen molar-refractivity contribution in [1.29, 1.82) is 0 Å². The lowest BCUT2D eigenvalue weighted by molar-refractivity contribution is -0.118. The van der Waals surface area contributed by atoms with Crippen molar-refractivity contribution in [2.24, 2.45) is 10.1 Å². The molecule has 4 rings (SSSR count). The molecule has 0 saturated heterocycles. The van der Waals surface area contributed by atoms with Crippen molar-refractivity contribution < 1.29 is 13.9 Å². The van der Waals surface area contributed by atoms with Crippen molar-refractivity contribution in [2.45, 2.75) is 0 Å². The van der Waals surface area contributed by atoms with Crippen molar-refractivity contribution >= 4 is 40.7 Å². The number of halogens is 2. The van der Waals surface area contributed by atoms with E-state index < -0.39 is 5.82 Å². The van der Waals surface area contributed by atoms with Gasteiger partial charge in [-0.3, -0.25) is 9.79 Å². The van der Waals surface area contributed by atoms with E-state index in [1.807, 2.05) is 11.4 Å². The molecule has 9 heteroatoms. The van der Waals surface area contributed by atoms with Gasteiger partial charge >= 0.3 is 0 Å². The number of aromatic nitrogens is 1. The molecular formula is C21H16ClFN4O2S. The van der Waals surface area contributed by atoms with Gasteiger partial charge in [0.1, 0.15) is 11.6 Å². The summed E-state index contributed by atoms with van der Waals surface area (Å²) in [6.45, 7) is 4.08. The Morgan fingerprint density at radius 1 is 1.37 bits per heavy atom. The number of ether oxygens (including phenoxy) is 1. The van der Waals surface area contributed by atoms with Gasteiger partial charge < -0.3 is 10.1 Å². The minimum Gasteiger partial charge on any atom is -0.482 e. The predicted molar refractivity (Wildman–Crippen MR) is 117 cm³/mol. The Kier molecular flexibility index (Phi) is 5.78. The van der Waals surface area contributed by atoms with Crippen LogP contribution in [0.15, 0.2) is 64.5 Å². The Balaban J connectivity index is 1.81. The van der Waals surface area contributed by atoms with Gasteiger partial charge in [0.25, 0.3) is 5.91 Å². The SMILES string of the molecule is C=CCN=c1scc(-c2ccc3c(c2)NC(=O)CO3)n1N=Cc1c(F)cccc1Cl. The zero-order chi connectivity index (χ0) is 21.1. The molecule has 0 saturated carbocycles. The highest BCUT2D eigenvalue weighted by molar-refractivity contribution is 7.07. The first-order valence-electron chi connectivity index (χ1n) is 8.94. The van der Waals surface area contributed by atoms with Crippen LogP contribution in [-0.4, -0.2) is 29.9 Å². The molecule has 1 N–H and O–H groups in total. The summed E-state index contributed by atoms with van der Waals surface area (Å²) in [5.41, 5.74) is 2.26. The Morgan fingerprint density at radius 2 is 2.23 bits per heavy atom. The van der Waals surface area contributed by atoms with Crippen LogP contribution in [-0.2, 0) is 4.79 Å². The first kappa shape index (κ1) is 20.1. The van der Waals surface area contributed by atoms with Gasteiger partial charge in [-0.15, -0.1) is 17.9 Å². The molecule has 30 heavy (non-hydrogen) atoms. The zero-order valence-electron chi connectivity index (χ0n) is 15.6. The van der Waals surface area contributed by atoms with Gasteiger partial charge in [0.2, 0.25) is 4.80 Å². The monoisotopic (exact) mass is 442 g/mol. The highest BCUT2D eigenvalue weighted by Gasteiger charge is 2.18. The van der Waals surface area contributed by atoms with Gasteiger partial charge in [0.05, 0.1) is 29.2 Å². The van der Waals surface area contributed by atoms with Gasteiger partial charge in [-0.05, 0) is 30.3 Å². The number of benzene rings is 2. The largest absolute Gasteiger partial charge is 0.482 e. The number of rotatable bonds is 5. The van der Waals surface area contributed by atoms with E-state index in [1.54, 1.807) is 29.0 Å². The van der Waals surface area contributed by atoms with Crippen LogP contribution in [0, 0.1) is 5.82 Å². The van der Waals surface area contributed by atoms with Crippen LogP contribution in [0.1, 0.15) is 5.56 Å². The lowest BCUT2D eigenvalue weighted by atomic mass is 10.1. The van der Waals surface area contributed by atoms with Gasteiger partial charge in [-0.1, -0.05) is 23.7 Å². The van der Waals surface area contributed by atoms with Crippen LogP contribution >= 0.6 is 22.9 Å². The molecule has 0 bridgehead atoms. The quantitative estimate of drug-likeness (QED) is 0.472. The van der Waals surface area contributed by atoms with Crippen LogP contribution in [0.3, 0.4) is 0 Å². The van der Waals surface area contributed by atoms with E-state index in [1.165, 1.54) is 29.7 Å². The van der Waals surface area contributed by atoms with Crippen molar-refractivity contribution in [3.63, 3.8) is 0 Å². The Hall–Kier alpha value is -3.23. The molecule has 0 fully saturated rings. The molecule has 2 aromatic carbocycles. The van der Waals surface area contributed by atoms with E-state index in [0.29, 0.717) is 28.5 Å². The molecule has 2 heterocycles. The Morgan fingerprint density at radius 3 is 3.03 bits per heavy atom. The van der Waals surface area contributed by atoms with E-state index in [9.17, 15) is 9.18 Å². The van der Waals surface area contributed by atoms with E-state index in [0.717, 1.165) is 5.56 Å². The molecular weight excluding hydrogens is 427 g/mol. The molecule has 1 amide bonds. The minimum atomic E-state index is -0.471. The molecule has 0 aliphatic carbocycles. The fraction of sp³-hybridized carbons (Fsp3) is 0.0952. The summed E-state index contributed by atoms with van der Waals surface area (Å²) < 4.78 is 21.2. The zero-order valence-corrected chi connectivity index (χ0v) is 17.2.